The van der Waals surface area contributed by atoms with E-state index in [2.05, 4.69) is 37.5 Å². The van der Waals surface area contributed by atoms with Crippen molar-refractivity contribution in [3.8, 4) is 11.4 Å². The van der Waals surface area contributed by atoms with Crippen LogP contribution in [0.4, 0.5) is 9.59 Å². The molecule has 0 bridgehead atoms. The van der Waals surface area contributed by atoms with Gasteiger partial charge in [-0.2, -0.15) is 4.98 Å². The number of carbonyl (C=O) groups is 2. The lowest BCUT2D eigenvalue weighted by molar-refractivity contribution is -0.0401. The van der Waals surface area contributed by atoms with Crippen molar-refractivity contribution in [3.63, 3.8) is 0 Å². The first-order valence-corrected chi connectivity index (χ1v) is 11.9. The first kappa shape index (κ1) is 27.3. The van der Waals surface area contributed by atoms with E-state index in [1.54, 1.807) is 4.90 Å². The summed E-state index contributed by atoms with van der Waals surface area (Å²) >= 11 is 7.09. The van der Waals surface area contributed by atoms with Gasteiger partial charge in [-0.05, 0) is 61.4 Å². The van der Waals surface area contributed by atoms with E-state index in [0.717, 1.165) is 9.13 Å². The van der Waals surface area contributed by atoms with Crippen molar-refractivity contribution in [1.29, 1.82) is 0 Å². The largest absolute Gasteiger partial charge is 0.453 e. The molecular formula is C22H29ClIN3O6. The van der Waals surface area contributed by atoms with Crippen molar-refractivity contribution in [2.75, 3.05) is 26.4 Å². The van der Waals surface area contributed by atoms with E-state index in [1.807, 2.05) is 58.9 Å². The number of amides is 1. The van der Waals surface area contributed by atoms with Gasteiger partial charge in [-0.25, -0.2) is 9.59 Å². The van der Waals surface area contributed by atoms with Crippen LogP contribution in [0.1, 0.15) is 46.6 Å². The van der Waals surface area contributed by atoms with Crippen LogP contribution < -0.4 is 0 Å². The standard InChI is InChI=1S/C17H20IN3O4.C5H9ClO2/c1-17(2,3)24-16(22)21-7-8-23-10-13(21)15-19-14(20-25-15)11-5-4-6-12(18)9-11;1-4(2)3-8-5(6)7/h4-6,9,13H,7-8,10H2,1-3H3;4H,3H2,1-2H3. The first-order chi connectivity index (χ1) is 15.5. The van der Waals surface area contributed by atoms with E-state index in [-0.39, 0.29) is 0 Å². The number of carbonyl (C=O) groups excluding carboxylic acids is 2. The number of halogens is 2. The number of hydrogen-bond donors (Lipinski definition) is 0. The molecule has 182 valence electrons. The Labute approximate surface area is 212 Å². The third-order valence-corrected chi connectivity index (χ3v) is 4.88. The summed E-state index contributed by atoms with van der Waals surface area (Å²) in [6, 6.07) is 7.36. The average Bonchev–Trinajstić information content (AvgIpc) is 3.22. The summed E-state index contributed by atoms with van der Waals surface area (Å²) < 4.78 is 21.9. The molecule has 1 amide bonds. The van der Waals surface area contributed by atoms with Crippen LogP contribution in [0.2, 0.25) is 0 Å². The van der Waals surface area contributed by atoms with E-state index < -0.39 is 23.2 Å². The van der Waals surface area contributed by atoms with Crippen LogP contribution in [0.25, 0.3) is 11.4 Å². The Morgan fingerprint density at radius 3 is 2.64 bits per heavy atom. The van der Waals surface area contributed by atoms with Gasteiger partial charge in [0.15, 0.2) is 0 Å². The number of benzene rings is 1. The molecule has 0 spiro atoms. The molecular weight excluding hydrogens is 565 g/mol. The van der Waals surface area contributed by atoms with E-state index in [0.29, 0.717) is 44.0 Å². The topological polar surface area (TPSA) is 104 Å². The third-order valence-electron chi connectivity index (χ3n) is 4.10. The molecule has 2 heterocycles. The Morgan fingerprint density at radius 1 is 1.33 bits per heavy atom. The fraction of sp³-hybridized carbons (Fsp3) is 0.545. The zero-order valence-corrected chi connectivity index (χ0v) is 22.3. The Bertz CT molecular complexity index is 931. The van der Waals surface area contributed by atoms with E-state index >= 15 is 0 Å². The van der Waals surface area contributed by atoms with Gasteiger partial charge in [0.2, 0.25) is 5.82 Å². The zero-order chi connectivity index (χ0) is 24.6. The monoisotopic (exact) mass is 593 g/mol. The Balaban J connectivity index is 0.000000414. The molecule has 0 saturated carbocycles. The molecule has 9 nitrogen and oxygen atoms in total. The fourth-order valence-electron chi connectivity index (χ4n) is 2.69. The SMILES string of the molecule is CC(C)(C)OC(=O)N1CCOCC1c1nc(-c2cccc(I)c2)no1.CC(C)COC(=O)Cl. The minimum atomic E-state index is -0.723. The molecule has 33 heavy (non-hydrogen) atoms. The smallest absolute Gasteiger partial charge is 0.411 e. The minimum absolute atomic E-state index is 0.299. The summed E-state index contributed by atoms with van der Waals surface area (Å²) in [7, 11) is 0. The van der Waals surface area contributed by atoms with Gasteiger partial charge in [-0.15, -0.1) is 0 Å². The lowest BCUT2D eigenvalue weighted by atomic mass is 10.2. The number of morpholine rings is 1. The molecule has 0 radical (unpaired) electrons. The summed E-state index contributed by atoms with van der Waals surface area (Å²) in [5, 5.41) is 4.05. The van der Waals surface area contributed by atoms with Crippen molar-refractivity contribution < 1.29 is 28.3 Å². The average molecular weight is 594 g/mol. The maximum atomic E-state index is 12.5. The van der Waals surface area contributed by atoms with Crippen LogP contribution in [0.5, 0.6) is 0 Å². The van der Waals surface area contributed by atoms with Crippen molar-refractivity contribution in [1.82, 2.24) is 15.0 Å². The first-order valence-electron chi connectivity index (χ1n) is 10.5. The van der Waals surface area contributed by atoms with Gasteiger partial charge < -0.3 is 18.7 Å². The van der Waals surface area contributed by atoms with E-state index in [4.69, 9.17) is 25.6 Å². The van der Waals surface area contributed by atoms with Gasteiger partial charge in [0.05, 0.1) is 19.8 Å². The molecule has 1 saturated heterocycles. The van der Waals surface area contributed by atoms with Gasteiger partial charge in [-0.1, -0.05) is 31.1 Å². The van der Waals surface area contributed by atoms with Gasteiger partial charge in [0.1, 0.15) is 11.6 Å². The molecule has 1 unspecified atom stereocenters. The molecule has 1 aliphatic heterocycles. The lowest BCUT2D eigenvalue weighted by Crippen LogP contribution is -2.45. The molecule has 3 rings (SSSR count). The summed E-state index contributed by atoms with van der Waals surface area (Å²) in [4.78, 5) is 28.4. The fourth-order valence-corrected chi connectivity index (χ4v) is 3.30. The molecule has 1 aliphatic rings. The number of hydrogen-bond acceptors (Lipinski definition) is 8. The van der Waals surface area contributed by atoms with Crippen LogP contribution in [-0.2, 0) is 14.2 Å². The lowest BCUT2D eigenvalue weighted by Gasteiger charge is -2.34. The molecule has 1 fully saturated rings. The van der Waals surface area contributed by atoms with E-state index in [9.17, 15) is 9.59 Å². The number of ether oxygens (including phenoxy) is 3. The molecule has 1 aromatic heterocycles. The Hall–Kier alpha value is -1.92. The van der Waals surface area contributed by atoms with Gasteiger partial charge >= 0.3 is 11.5 Å². The Kier molecular flexibility index (Phi) is 10.4. The highest BCUT2D eigenvalue weighted by Crippen LogP contribution is 2.27. The van der Waals surface area contributed by atoms with Crippen molar-refractivity contribution >= 4 is 45.7 Å². The van der Waals surface area contributed by atoms with Crippen molar-refractivity contribution in [2.24, 2.45) is 5.92 Å². The number of aromatic nitrogens is 2. The van der Waals surface area contributed by atoms with Crippen molar-refractivity contribution in [3.05, 3.63) is 33.7 Å². The second kappa shape index (κ2) is 12.5. The van der Waals surface area contributed by atoms with Crippen LogP contribution >= 0.6 is 34.2 Å². The van der Waals surface area contributed by atoms with Crippen LogP contribution in [0.15, 0.2) is 28.8 Å². The zero-order valence-electron chi connectivity index (χ0n) is 19.3. The maximum absolute atomic E-state index is 12.5. The molecule has 2 aromatic rings. The minimum Gasteiger partial charge on any atom is -0.453 e. The number of rotatable bonds is 4. The van der Waals surface area contributed by atoms with Gasteiger partial charge in [0.25, 0.3) is 5.89 Å². The third kappa shape index (κ3) is 9.46. The summed E-state index contributed by atoms with van der Waals surface area (Å²) in [6.07, 6.45) is -0.408. The predicted molar refractivity (Wildman–Crippen MR) is 131 cm³/mol. The molecule has 11 heteroatoms. The highest BCUT2D eigenvalue weighted by Gasteiger charge is 2.35. The maximum Gasteiger partial charge on any atom is 0.411 e. The Morgan fingerprint density at radius 2 is 2.06 bits per heavy atom. The van der Waals surface area contributed by atoms with Crippen molar-refractivity contribution in [2.45, 2.75) is 46.3 Å². The summed E-state index contributed by atoms with van der Waals surface area (Å²) in [6.45, 7) is 11.0. The van der Waals surface area contributed by atoms with Crippen LogP contribution in [0.3, 0.4) is 0 Å². The second-order valence-corrected chi connectivity index (χ2v) is 10.2. The quantitative estimate of drug-likeness (QED) is 0.330. The molecule has 0 aliphatic carbocycles. The molecule has 1 aromatic carbocycles. The molecule has 1 atom stereocenters. The van der Waals surface area contributed by atoms with Crippen LogP contribution in [0, 0.1) is 9.49 Å². The van der Waals surface area contributed by atoms with E-state index in [1.165, 1.54) is 0 Å². The second-order valence-electron chi connectivity index (χ2n) is 8.67. The van der Waals surface area contributed by atoms with Gasteiger partial charge in [0, 0.05) is 27.3 Å². The number of nitrogens with zero attached hydrogens (tertiary/aromatic N) is 3. The van der Waals surface area contributed by atoms with Crippen LogP contribution in [-0.4, -0.2) is 58.5 Å². The summed E-state index contributed by atoms with van der Waals surface area (Å²) in [5.74, 6) is 1.19. The highest BCUT2D eigenvalue weighted by molar-refractivity contribution is 14.1. The molecule has 0 N–H and O–H groups in total. The normalized spacial score (nSPS) is 16.1. The predicted octanol–water partition coefficient (Wildman–Crippen LogP) is 5.67. The highest BCUT2D eigenvalue weighted by atomic mass is 127. The summed E-state index contributed by atoms with van der Waals surface area (Å²) in [5.41, 5.74) is -0.429. The van der Waals surface area contributed by atoms with Gasteiger partial charge in [-0.3, -0.25) is 4.90 Å².